The Morgan fingerprint density at radius 3 is 1.89 bits per heavy atom. The molecule has 9 heavy (non-hydrogen) atoms. The Morgan fingerprint density at radius 2 is 1.67 bits per heavy atom. The molecule has 0 aromatic rings. The van der Waals surface area contributed by atoms with Crippen molar-refractivity contribution in [3.8, 4) is 0 Å². The molecule has 0 spiro atoms. The second-order valence-electron chi connectivity index (χ2n) is 2.44. The number of rotatable bonds is 1. The quantitative estimate of drug-likeness (QED) is 0.663. The van der Waals surface area contributed by atoms with Crippen LogP contribution in [0.1, 0.15) is 25.7 Å². The molecule has 0 amide bonds. The van der Waals surface area contributed by atoms with Crippen LogP contribution >= 0.6 is 35.5 Å². The van der Waals surface area contributed by atoms with Gasteiger partial charge in [-0.15, -0.1) is 0 Å². The molecule has 1 fully saturated rings. The van der Waals surface area contributed by atoms with E-state index in [2.05, 4.69) is 31.0 Å². The van der Waals surface area contributed by atoms with Crippen molar-refractivity contribution in [2.75, 3.05) is 0 Å². The predicted octanol–water partition coefficient (Wildman–Crippen LogP) is 3.91. The van der Waals surface area contributed by atoms with E-state index in [-0.39, 0.29) is 0 Å². The molecule has 0 aromatic heterocycles. The highest BCUT2D eigenvalue weighted by Crippen LogP contribution is 2.68. The van der Waals surface area contributed by atoms with Crippen LogP contribution in [0.3, 0.4) is 0 Å². The van der Waals surface area contributed by atoms with Gasteiger partial charge in [-0.25, -0.2) is 0 Å². The molecule has 0 saturated heterocycles. The molecule has 1 saturated carbocycles. The zero-order valence-corrected chi connectivity index (χ0v) is 9.08. The molecule has 0 aromatic carbocycles. The zero-order chi connectivity index (χ0) is 6.91. The SMILES string of the molecule is O=P(Br)(Br)C1CCCC1. The molecule has 0 radical (unpaired) electrons. The molecule has 0 heterocycles. The number of hydrogen-bond donors (Lipinski definition) is 0. The Labute approximate surface area is 71.4 Å². The highest BCUT2D eigenvalue weighted by atomic mass is 79.9. The van der Waals surface area contributed by atoms with Crippen LogP contribution in [0.4, 0.5) is 0 Å². The van der Waals surface area contributed by atoms with E-state index in [0.717, 1.165) is 12.8 Å². The minimum absolute atomic E-state index is 0.400. The molecule has 54 valence electrons. The van der Waals surface area contributed by atoms with E-state index >= 15 is 0 Å². The number of halogens is 2. The van der Waals surface area contributed by atoms with Crippen LogP contribution in [-0.2, 0) is 4.57 Å². The molecule has 0 aliphatic heterocycles. The molecule has 0 atom stereocenters. The van der Waals surface area contributed by atoms with Gasteiger partial charge in [0.2, 0.25) is 4.55 Å². The maximum Gasteiger partial charge on any atom is 0.211 e. The largest absolute Gasteiger partial charge is 0.299 e. The summed E-state index contributed by atoms with van der Waals surface area (Å²) in [4.78, 5) is 0. The van der Waals surface area contributed by atoms with Crippen LogP contribution in [0.2, 0.25) is 0 Å². The van der Waals surface area contributed by atoms with Gasteiger partial charge in [-0.05, 0) is 43.8 Å². The third-order valence-corrected chi connectivity index (χ3v) is 6.59. The Bertz CT molecular complexity index is 136. The molecule has 1 rings (SSSR count). The molecular formula is C5H9Br2OP. The highest BCUT2D eigenvalue weighted by molar-refractivity contribution is 9.70. The normalized spacial score (nSPS) is 22.9. The standard InChI is InChI=1S/C5H9Br2OP/c6-9(7,8)5-3-1-2-4-5/h5H,1-4H2. The second-order valence-corrected chi connectivity index (χ2v) is 13.4. The Balaban J connectivity index is 2.52. The topological polar surface area (TPSA) is 17.1 Å². The lowest BCUT2D eigenvalue weighted by molar-refractivity contribution is 0.586. The zero-order valence-electron chi connectivity index (χ0n) is 5.02. The second kappa shape index (κ2) is 3.06. The first-order valence-corrected chi connectivity index (χ1v) is 8.91. The Kier molecular flexibility index (Phi) is 2.82. The van der Waals surface area contributed by atoms with E-state index in [9.17, 15) is 4.57 Å². The van der Waals surface area contributed by atoms with Crippen LogP contribution in [0, 0.1) is 0 Å². The fraction of sp³-hybridized carbons (Fsp3) is 1.00. The predicted molar refractivity (Wildman–Crippen MR) is 47.7 cm³/mol. The molecule has 1 aliphatic carbocycles. The van der Waals surface area contributed by atoms with Crippen LogP contribution < -0.4 is 0 Å². The van der Waals surface area contributed by atoms with Gasteiger partial charge in [0.15, 0.2) is 0 Å². The highest BCUT2D eigenvalue weighted by Gasteiger charge is 2.29. The third-order valence-electron chi connectivity index (χ3n) is 1.75. The Hall–Kier alpha value is 1.19. The summed E-state index contributed by atoms with van der Waals surface area (Å²) in [6.45, 7) is 0. The summed E-state index contributed by atoms with van der Waals surface area (Å²) >= 11 is 6.36. The lowest BCUT2D eigenvalue weighted by Gasteiger charge is -2.08. The minimum atomic E-state index is -2.09. The first kappa shape index (κ1) is 8.29. The summed E-state index contributed by atoms with van der Waals surface area (Å²) in [5.74, 6) is 0. The average molecular weight is 276 g/mol. The minimum Gasteiger partial charge on any atom is -0.299 e. The molecule has 0 unspecified atom stereocenters. The van der Waals surface area contributed by atoms with Crippen molar-refractivity contribution in [3.05, 3.63) is 0 Å². The van der Waals surface area contributed by atoms with Gasteiger partial charge in [-0.1, -0.05) is 12.8 Å². The van der Waals surface area contributed by atoms with E-state index in [1.54, 1.807) is 0 Å². The van der Waals surface area contributed by atoms with Crippen molar-refractivity contribution < 1.29 is 4.57 Å². The maximum absolute atomic E-state index is 11.3. The van der Waals surface area contributed by atoms with Crippen molar-refractivity contribution in [1.82, 2.24) is 0 Å². The molecule has 1 nitrogen and oxygen atoms in total. The van der Waals surface area contributed by atoms with E-state index in [1.165, 1.54) is 12.8 Å². The lowest BCUT2D eigenvalue weighted by atomic mass is 10.4. The van der Waals surface area contributed by atoms with Crippen molar-refractivity contribution in [1.29, 1.82) is 0 Å². The van der Waals surface area contributed by atoms with E-state index in [1.807, 2.05) is 0 Å². The van der Waals surface area contributed by atoms with Crippen LogP contribution in [0.15, 0.2) is 0 Å². The first-order valence-electron chi connectivity index (χ1n) is 3.10. The van der Waals surface area contributed by atoms with Crippen molar-refractivity contribution in [2.45, 2.75) is 31.3 Å². The van der Waals surface area contributed by atoms with Gasteiger partial charge >= 0.3 is 0 Å². The molecule has 4 heteroatoms. The van der Waals surface area contributed by atoms with Gasteiger partial charge in [0.25, 0.3) is 0 Å². The Morgan fingerprint density at radius 1 is 1.22 bits per heavy atom. The first-order chi connectivity index (χ1) is 4.11. The van der Waals surface area contributed by atoms with E-state index in [4.69, 9.17) is 0 Å². The molecular weight excluding hydrogens is 267 g/mol. The summed E-state index contributed by atoms with van der Waals surface area (Å²) < 4.78 is 9.16. The molecule has 0 bridgehead atoms. The third kappa shape index (κ3) is 2.36. The molecule has 0 N–H and O–H groups in total. The summed E-state index contributed by atoms with van der Waals surface area (Å²) in [5, 5.41) is 0. The summed E-state index contributed by atoms with van der Waals surface area (Å²) in [7, 11) is 0. The van der Waals surface area contributed by atoms with Gasteiger partial charge in [-0.3, -0.25) is 4.57 Å². The monoisotopic (exact) mass is 274 g/mol. The fourth-order valence-corrected chi connectivity index (χ4v) is 4.63. The van der Waals surface area contributed by atoms with E-state index < -0.39 is 4.55 Å². The maximum atomic E-state index is 11.3. The smallest absolute Gasteiger partial charge is 0.211 e. The van der Waals surface area contributed by atoms with Gasteiger partial charge in [-0.2, -0.15) is 0 Å². The van der Waals surface area contributed by atoms with E-state index in [0.29, 0.717) is 5.66 Å². The summed E-state index contributed by atoms with van der Waals surface area (Å²) in [6.07, 6.45) is 4.72. The van der Waals surface area contributed by atoms with Gasteiger partial charge in [0.05, 0.1) is 0 Å². The average Bonchev–Trinajstić information content (AvgIpc) is 2.08. The van der Waals surface area contributed by atoms with Gasteiger partial charge in [0.1, 0.15) is 0 Å². The fourth-order valence-electron chi connectivity index (χ4n) is 1.20. The van der Waals surface area contributed by atoms with Crippen LogP contribution in [0.25, 0.3) is 0 Å². The van der Waals surface area contributed by atoms with Crippen LogP contribution in [-0.4, -0.2) is 5.66 Å². The van der Waals surface area contributed by atoms with Gasteiger partial charge in [0, 0.05) is 5.66 Å². The lowest BCUT2D eigenvalue weighted by Crippen LogP contribution is -1.92. The summed E-state index contributed by atoms with van der Waals surface area (Å²) in [6, 6.07) is 0. The van der Waals surface area contributed by atoms with Gasteiger partial charge < -0.3 is 0 Å². The number of hydrogen-bond acceptors (Lipinski definition) is 1. The summed E-state index contributed by atoms with van der Waals surface area (Å²) in [5.41, 5.74) is 0.400. The van der Waals surface area contributed by atoms with Crippen molar-refractivity contribution in [3.63, 3.8) is 0 Å². The van der Waals surface area contributed by atoms with Crippen molar-refractivity contribution >= 4 is 35.5 Å². The van der Waals surface area contributed by atoms with Crippen molar-refractivity contribution in [2.24, 2.45) is 0 Å². The van der Waals surface area contributed by atoms with Crippen LogP contribution in [0.5, 0.6) is 0 Å². The molecule has 1 aliphatic rings.